The first kappa shape index (κ1) is 21.3. The molecule has 6 nitrogen and oxygen atoms in total. The predicted molar refractivity (Wildman–Crippen MR) is 120 cm³/mol. The Morgan fingerprint density at radius 3 is 2.83 bits per heavy atom. The van der Waals surface area contributed by atoms with Gasteiger partial charge in [-0.2, -0.15) is 9.30 Å². The van der Waals surface area contributed by atoms with Gasteiger partial charge >= 0.3 is 0 Å². The predicted octanol–water partition coefficient (Wildman–Crippen LogP) is 3.64. The molecule has 0 aliphatic carbocycles. The minimum Gasteiger partial charge on any atom is -0.305 e. The number of terminal acetylenes is 1. The van der Waals surface area contributed by atoms with E-state index in [1.165, 1.54) is 27.8 Å². The van der Waals surface area contributed by atoms with Crippen LogP contribution in [0.25, 0.3) is 10.2 Å². The van der Waals surface area contributed by atoms with E-state index in [9.17, 15) is 13.2 Å². The van der Waals surface area contributed by atoms with Gasteiger partial charge in [0, 0.05) is 6.54 Å². The fourth-order valence-corrected chi connectivity index (χ4v) is 7.90. The fraction of sp³-hybridized carbons (Fsp3) is 0.300. The van der Waals surface area contributed by atoms with Gasteiger partial charge in [0.15, 0.2) is 4.80 Å². The Balaban J connectivity index is 1.73. The van der Waals surface area contributed by atoms with Crippen LogP contribution in [0.4, 0.5) is 0 Å². The maximum atomic E-state index is 13.1. The van der Waals surface area contributed by atoms with Crippen LogP contribution < -0.4 is 4.80 Å². The number of thiazole rings is 1. The summed E-state index contributed by atoms with van der Waals surface area (Å²) in [6.07, 6.45) is 6.55. The Hall–Kier alpha value is -1.96. The first-order valence-corrected chi connectivity index (χ1v) is 12.7. The first-order chi connectivity index (χ1) is 14.3. The van der Waals surface area contributed by atoms with Crippen LogP contribution in [0.15, 0.2) is 39.5 Å². The molecule has 4 rings (SSSR count). The average Bonchev–Trinajstić information content (AvgIpc) is 3.41. The molecular formula is C20H18ClN3O3S3. The Morgan fingerprint density at radius 1 is 1.33 bits per heavy atom. The van der Waals surface area contributed by atoms with E-state index in [4.69, 9.17) is 18.0 Å². The smallest absolute Gasteiger partial charge is 0.266 e. The lowest BCUT2D eigenvalue weighted by Crippen LogP contribution is -2.40. The summed E-state index contributed by atoms with van der Waals surface area (Å²) in [5, 5.41) is 0. The van der Waals surface area contributed by atoms with Gasteiger partial charge in [0.2, 0.25) is 0 Å². The molecule has 30 heavy (non-hydrogen) atoms. The van der Waals surface area contributed by atoms with Crippen LogP contribution in [0, 0.1) is 19.3 Å². The highest BCUT2D eigenvalue weighted by Gasteiger charge is 2.40. The van der Waals surface area contributed by atoms with Crippen molar-refractivity contribution in [2.75, 3.05) is 6.54 Å². The number of aromatic nitrogens is 1. The van der Waals surface area contributed by atoms with E-state index in [0.717, 1.165) is 27.1 Å². The molecule has 2 aromatic heterocycles. The lowest BCUT2D eigenvalue weighted by Gasteiger charge is -2.20. The fourth-order valence-electron chi connectivity index (χ4n) is 3.51. The van der Waals surface area contributed by atoms with E-state index in [1.807, 2.05) is 29.7 Å². The highest BCUT2D eigenvalue weighted by molar-refractivity contribution is 7.91. The van der Waals surface area contributed by atoms with Crippen molar-refractivity contribution in [1.82, 2.24) is 8.87 Å². The topological polar surface area (TPSA) is 71.7 Å². The summed E-state index contributed by atoms with van der Waals surface area (Å²) < 4.78 is 30.6. The van der Waals surface area contributed by atoms with Gasteiger partial charge < -0.3 is 4.57 Å². The third-order valence-corrected chi connectivity index (χ3v) is 9.54. The summed E-state index contributed by atoms with van der Waals surface area (Å²) in [5.41, 5.74) is 2.00. The van der Waals surface area contributed by atoms with Crippen molar-refractivity contribution in [2.45, 2.75) is 36.6 Å². The number of halogens is 1. The van der Waals surface area contributed by atoms with E-state index in [-0.39, 0.29) is 17.3 Å². The van der Waals surface area contributed by atoms with E-state index < -0.39 is 22.0 Å². The third-order valence-electron chi connectivity index (χ3n) is 4.89. The zero-order valence-corrected chi connectivity index (χ0v) is 19.2. The number of carbonyl (C=O) groups excluding carboxylic acids is 1. The van der Waals surface area contributed by atoms with Gasteiger partial charge in [0.05, 0.1) is 21.1 Å². The molecule has 1 atom stereocenters. The zero-order chi connectivity index (χ0) is 21.5. The number of hydrogen-bond donors (Lipinski definition) is 0. The number of carbonyl (C=O) groups is 1. The minimum absolute atomic E-state index is 0.131. The third kappa shape index (κ3) is 3.86. The molecule has 0 spiro atoms. The van der Waals surface area contributed by atoms with Gasteiger partial charge in [-0.3, -0.25) is 4.79 Å². The second-order valence-corrected chi connectivity index (χ2v) is 11.8. The molecule has 0 bridgehead atoms. The highest BCUT2D eigenvalue weighted by atomic mass is 35.5. The molecule has 0 radical (unpaired) electrons. The van der Waals surface area contributed by atoms with E-state index in [1.54, 1.807) is 0 Å². The van der Waals surface area contributed by atoms with Gasteiger partial charge in [-0.15, -0.1) is 17.8 Å². The van der Waals surface area contributed by atoms with Crippen LogP contribution in [0.1, 0.15) is 18.4 Å². The molecule has 0 N–H and O–H groups in total. The number of sulfonamides is 1. The number of benzene rings is 1. The van der Waals surface area contributed by atoms with Gasteiger partial charge in [0.1, 0.15) is 10.3 Å². The molecule has 1 unspecified atom stereocenters. The van der Waals surface area contributed by atoms with Crippen LogP contribution in [0.2, 0.25) is 4.34 Å². The summed E-state index contributed by atoms with van der Waals surface area (Å²) >= 11 is 8.26. The normalized spacial score (nSPS) is 18.2. The number of rotatable bonds is 4. The molecule has 156 valence electrons. The second kappa shape index (κ2) is 8.29. The maximum Gasteiger partial charge on any atom is 0.266 e. The number of amides is 1. The van der Waals surface area contributed by atoms with Gasteiger partial charge in [0.25, 0.3) is 15.9 Å². The molecule has 1 aromatic carbocycles. The summed E-state index contributed by atoms with van der Waals surface area (Å²) in [5.74, 6) is 2.12. The molecular weight excluding hydrogens is 462 g/mol. The van der Waals surface area contributed by atoms with Gasteiger partial charge in [-0.05, 0) is 49.6 Å². The first-order valence-electron chi connectivity index (χ1n) is 9.20. The van der Waals surface area contributed by atoms with Crippen molar-refractivity contribution in [1.29, 1.82) is 0 Å². The van der Waals surface area contributed by atoms with Crippen molar-refractivity contribution < 1.29 is 13.2 Å². The van der Waals surface area contributed by atoms with Crippen molar-refractivity contribution in [2.24, 2.45) is 4.99 Å². The molecule has 3 heterocycles. The molecule has 1 saturated heterocycles. The lowest BCUT2D eigenvalue weighted by atomic mass is 10.2. The van der Waals surface area contributed by atoms with Crippen molar-refractivity contribution in [3.63, 3.8) is 0 Å². The summed E-state index contributed by atoms with van der Waals surface area (Å²) in [6, 6.07) is 8.12. The van der Waals surface area contributed by atoms with Crippen LogP contribution in [-0.2, 0) is 21.4 Å². The van der Waals surface area contributed by atoms with Crippen molar-refractivity contribution in [3.8, 4) is 12.3 Å². The molecule has 1 fully saturated rings. The molecule has 1 amide bonds. The molecule has 10 heteroatoms. The highest BCUT2D eigenvalue weighted by Crippen LogP contribution is 2.32. The Morgan fingerprint density at radius 2 is 2.13 bits per heavy atom. The SMILES string of the molecule is C#CCn1c(=NC(=O)C2CCCN2S(=O)(=O)c2ccc(Cl)s2)sc2cc(C)ccc21. The van der Waals surface area contributed by atoms with Crippen molar-refractivity contribution in [3.05, 3.63) is 45.0 Å². The monoisotopic (exact) mass is 479 g/mol. The summed E-state index contributed by atoms with van der Waals surface area (Å²) in [4.78, 5) is 17.8. The molecule has 3 aromatic rings. The number of aryl methyl sites for hydroxylation is 1. The molecule has 1 aliphatic heterocycles. The van der Waals surface area contributed by atoms with Crippen molar-refractivity contribution >= 4 is 60.4 Å². The minimum atomic E-state index is -3.80. The van der Waals surface area contributed by atoms with Crippen LogP contribution in [0.3, 0.4) is 0 Å². The number of thiophene rings is 1. The van der Waals surface area contributed by atoms with Gasteiger partial charge in [-0.1, -0.05) is 34.9 Å². The molecule has 1 aliphatic rings. The molecule has 0 saturated carbocycles. The number of nitrogens with zero attached hydrogens (tertiary/aromatic N) is 3. The van der Waals surface area contributed by atoms with Crippen LogP contribution >= 0.6 is 34.3 Å². The summed E-state index contributed by atoms with van der Waals surface area (Å²) in [7, 11) is -3.80. The number of fused-ring (bicyclic) bond motifs is 1. The Labute approximate surface area is 187 Å². The second-order valence-electron chi connectivity index (χ2n) is 6.93. The van der Waals surface area contributed by atoms with E-state index in [2.05, 4.69) is 10.9 Å². The van der Waals surface area contributed by atoms with Crippen LogP contribution in [0.5, 0.6) is 0 Å². The average molecular weight is 480 g/mol. The Kier molecular flexibility index (Phi) is 5.88. The lowest BCUT2D eigenvalue weighted by molar-refractivity contribution is -0.121. The number of hydrogen-bond acceptors (Lipinski definition) is 5. The largest absolute Gasteiger partial charge is 0.305 e. The maximum absolute atomic E-state index is 13.1. The van der Waals surface area contributed by atoms with Crippen LogP contribution in [-0.4, -0.2) is 35.8 Å². The van der Waals surface area contributed by atoms with Gasteiger partial charge in [-0.25, -0.2) is 8.42 Å². The zero-order valence-electron chi connectivity index (χ0n) is 16.0. The quantitative estimate of drug-likeness (QED) is 0.536. The summed E-state index contributed by atoms with van der Waals surface area (Å²) in [6.45, 7) is 2.54. The standard InChI is InChI=1S/C20H18ClN3O3S3/c1-3-10-23-14-7-6-13(2)12-16(14)28-20(23)22-19(25)15-5-4-11-24(15)30(26,27)18-9-8-17(21)29-18/h1,6-9,12,15H,4-5,10-11H2,2H3. The van der Waals surface area contributed by atoms with E-state index in [0.29, 0.717) is 22.0 Å². The van der Waals surface area contributed by atoms with E-state index >= 15 is 0 Å². The Bertz CT molecular complexity index is 1340.